The van der Waals surface area contributed by atoms with Gasteiger partial charge in [0.25, 0.3) is 5.78 Å². The van der Waals surface area contributed by atoms with Gasteiger partial charge in [-0.05, 0) is 0 Å². The van der Waals surface area contributed by atoms with Gasteiger partial charge in [0, 0.05) is 6.08 Å². The molecule has 0 aliphatic rings. The molecular formula is C6H6BrF3O2. The zero-order valence-corrected chi connectivity index (χ0v) is 7.70. The number of hydrogen-bond acceptors (Lipinski definition) is 2. The molecule has 2 nitrogen and oxygen atoms in total. The third-order valence-corrected chi connectivity index (χ3v) is 1.52. The van der Waals surface area contributed by atoms with Crippen molar-refractivity contribution in [3.8, 4) is 0 Å². The first-order valence-electron chi connectivity index (χ1n) is 2.83. The van der Waals surface area contributed by atoms with Crippen LogP contribution in [0, 0.1) is 0 Å². The van der Waals surface area contributed by atoms with E-state index >= 15 is 0 Å². The average molecular weight is 247 g/mol. The fourth-order valence-electron chi connectivity index (χ4n) is 0.380. The number of halogens is 4. The second-order valence-corrected chi connectivity index (χ2v) is 2.37. The van der Waals surface area contributed by atoms with Gasteiger partial charge in [0.15, 0.2) is 0 Å². The van der Waals surface area contributed by atoms with E-state index in [4.69, 9.17) is 0 Å². The molecule has 0 amide bonds. The molecular weight excluding hydrogens is 241 g/mol. The highest BCUT2D eigenvalue weighted by atomic mass is 79.9. The topological polar surface area (TPSA) is 26.3 Å². The largest absolute Gasteiger partial charge is 0.500 e. The molecule has 0 unspecified atom stereocenters. The minimum absolute atomic E-state index is 0.0580. The number of alkyl halides is 4. The van der Waals surface area contributed by atoms with Crippen molar-refractivity contribution in [1.29, 1.82) is 0 Å². The predicted octanol–water partition coefficient (Wildman–Crippen LogP) is 2.04. The van der Waals surface area contributed by atoms with Crippen LogP contribution in [0.1, 0.15) is 0 Å². The van der Waals surface area contributed by atoms with Crippen LogP contribution in [0.15, 0.2) is 11.8 Å². The Kier molecular flexibility index (Phi) is 4.30. The van der Waals surface area contributed by atoms with E-state index in [1.807, 2.05) is 0 Å². The highest BCUT2D eigenvalue weighted by molar-refractivity contribution is 9.09. The SMILES string of the molecule is COC(=CC(=O)C(F)(F)F)CBr. The van der Waals surface area contributed by atoms with Crippen LogP contribution in [0.3, 0.4) is 0 Å². The summed E-state index contributed by atoms with van der Waals surface area (Å²) < 4.78 is 39.3. The summed E-state index contributed by atoms with van der Waals surface area (Å²) in [6.45, 7) is 0. The molecule has 0 rings (SSSR count). The van der Waals surface area contributed by atoms with E-state index in [2.05, 4.69) is 20.7 Å². The lowest BCUT2D eigenvalue weighted by atomic mass is 10.3. The maximum absolute atomic E-state index is 11.6. The standard InChI is InChI=1S/C6H6BrF3O2/c1-12-4(3-7)2-5(11)6(8,9)10/h2H,3H2,1H3. The van der Waals surface area contributed by atoms with Crippen LogP contribution in [0.4, 0.5) is 13.2 Å². The van der Waals surface area contributed by atoms with Gasteiger partial charge in [-0.25, -0.2) is 0 Å². The van der Waals surface area contributed by atoms with Crippen LogP contribution in [0.5, 0.6) is 0 Å². The summed E-state index contributed by atoms with van der Waals surface area (Å²) in [5.74, 6) is -1.98. The number of carbonyl (C=O) groups is 1. The molecule has 0 radical (unpaired) electrons. The Labute approximate surface area is 75.5 Å². The summed E-state index contributed by atoms with van der Waals surface area (Å²) in [7, 11) is 1.19. The molecule has 0 aromatic carbocycles. The lowest BCUT2D eigenvalue weighted by Gasteiger charge is -2.03. The summed E-state index contributed by atoms with van der Waals surface area (Å²) >= 11 is 2.86. The Morgan fingerprint density at radius 3 is 2.33 bits per heavy atom. The average Bonchev–Trinajstić information content (AvgIpc) is 1.97. The van der Waals surface area contributed by atoms with Crippen molar-refractivity contribution < 1.29 is 22.7 Å². The Morgan fingerprint density at radius 2 is 2.08 bits per heavy atom. The third-order valence-electron chi connectivity index (χ3n) is 0.965. The molecule has 0 saturated carbocycles. The second kappa shape index (κ2) is 4.49. The summed E-state index contributed by atoms with van der Waals surface area (Å²) in [5.41, 5.74) is 0. The summed E-state index contributed by atoms with van der Waals surface area (Å²) in [5, 5.41) is 0.0747. The van der Waals surface area contributed by atoms with Crippen LogP contribution >= 0.6 is 15.9 Å². The number of ketones is 1. The molecule has 0 aromatic rings. The molecule has 0 aromatic heterocycles. The third kappa shape index (κ3) is 3.75. The van der Waals surface area contributed by atoms with Crippen LogP contribution in [-0.4, -0.2) is 24.4 Å². The number of hydrogen-bond donors (Lipinski definition) is 0. The minimum atomic E-state index is -4.83. The highest BCUT2D eigenvalue weighted by Gasteiger charge is 2.36. The first kappa shape index (κ1) is 11.5. The molecule has 0 spiro atoms. The van der Waals surface area contributed by atoms with Gasteiger partial charge in [0.1, 0.15) is 5.76 Å². The lowest BCUT2D eigenvalue weighted by molar-refractivity contribution is -0.165. The van der Waals surface area contributed by atoms with Crippen molar-refractivity contribution in [1.82, 2.24) is 0 Å². The van der Waals surface area contributed by atoms with E-state index in [1.54, 1.807) is 0 Å². The van der Waals surface area contributed by atoms with E-state index in [0.29, 0.717) is 6.08 Å². The van der Waals surface area contributed by atoms with E-state index < -0.39 is 12.0 Å². The normalized spacial score (nSPS) is 12.9. The van der Waals surface area contributed by atoms with Crippen LogP contribution in [-0.2, 0) is 9.53 Å². The molecule has 0 aliphatic heterocycles. The van der Waals surface area contributed by atoms with Gasteiger partial charge in [-0.3, -0.25) is 4.79 Å². The van der Waals surface area contributed by atoms with Gasteiger partial charge < -0.3 is 4.74 Å². The highest BCUT2D eigenvalue weighted by Crippen LogP contribution is 2.17. The molecule has 0 saturated heterocycles. The lowest BCUT2D eigenvalue weighted by Crippen LogP contribution is -2.20. The second-order valence-electron chi connectivity index (χ2n) is 1.81. The summed E-state index contributed by atoms with van der Waals surface area (Å²) in [6.07, 6.45) is -4.42. The number of ether oxygens (including phenoxy) is 1. The molecule has 0 aliphatic carbocycles. The van der Waals surface area contributed by atoms with E-state index in [-0.39, 0.29) is 11.1 Å². The van der Waals surface area contributed by atoms with Crippen molar-refractivity contribution in [2.45, 2.75) is 6.18 Å². The van der Waals surface area contributed by atoms with Gasteiger partial charge in [-0.1, -0.05) is 15.9 Å². The molecule has 0 N–H and O–H groups in total. The number of carbonyl (C=O) groups excluding carboxylic acids is 1. The maximum atomic E-state index is 11.6. The molecule has 70 valence electrons. The van der Waals surface area contributed by atoms with Gasteiger partial charge >= 0.3 is 6.18 Å². The van der Waals surface area contributed by atoms with Gasteiger partial charge in [-0.15, -0.1) is 0 Å². The van der Waals surface area contributed by atoms with Crippen molar-refractivity contribution in [2.24, 2.45) is 0 Å². The van der Waals surface area contributed by atoms with E-state index in [0.717, 1.165) is 0 Å². The molecule has 0 fully saturated rings. The quantitative estimate of drug-likeness (QED) is 0.433. The Bertz CT molecular complexity index is 191. The van der Waals surface area contributed by atoms with Crippen LogP contribution in [0.25, 0.3) is 0 Å². The summed E-state index contributed by atoms with van der Waals surface area (Å²) in [4.78, 5) is 10.3. The Morgan fingerprint density at radius 1 is 1.58 bits per heavy atom. The number of methoxy groups -OCH3 is 1. The molecule has 12 heavy (non-hydrogen) atoms. The Balaban J connectivity index is 4.42. The fourth-order valence-corrected chi connectivity index (χ4v) is 0.771. The van der Waals surface area contributed by atoms with Gasteiger partial charge in [0.05, 0.1) is 12.4 Å². The molecule has 0 bridgehead atoms. The number of allylic oxidation sites excluding steroid dienone is 2. The smallest absolute Gasteiger partial charge is 0.454 e. The zero-order valence-electron chi connectivity index (χ0n) is 6.11. The van der Waals surface area contributed by atoms with Gasteiger partial charge in [-0.2, -0.15) is 13.2 Å². The van der Waals surface area contributed by atoms with Crippen molar-refractivity contribution in [2.75, 3.05) is 12.4 Å². The Hall–Kier alpha value is -0.520. The predicted molar refractivity (Wildman–Crippen MR) is 39.9 cm³/mol. The fraction of sp³-hybridized carbons (Fsp3) is 0.500. The van der Waals surface area contributed by atoms with Crippen molar-refractivity contribution in [3.05, 3.63) is 11.8 Å². The van der Waals surface area contributed by atoms with Crippen molar-refractivity contribution in [3.63, 3.8) is 0 Å². The van der Waals surface area contributed by atoms with Crippen molar-refractivity contribution >= 4 is 21.7 Å². The molecule has 6 heteroatoms. The van der Waals surface area contributed by atoms with Crippen LogP contribution < -0.4 is 0 Å². The molecule has 0 heterocycles. The first-order valence-corrected chi connectivity index (χ1v) is 3.95. The first-order chi connectivity index (χ1) is 5.41. The zero-order chi connectivity index (χ0) is 9.78. The minimum Gasteiger partial charge on any atom is -0.500 e. The monoisotopic (exact) mass is 246 g/mol. The molecule has 0 atom stereocenters. The summed E-state index contributed by atoms with van der Waals surface area (Å²) in [6, 6.07) is 0. The number of rotatable bonds is 3. The van der Waals surface area contributed by atoms with Gasteiger partial charge in [0.2, 0.25) is 0 Å². The van der Waals surface area contributed by atoms with E-state index in [1.165, 1.54) is 7.11 Å². The maximum Gasteiger partial charge on any atom is 0.454 e. The van der Waals surface area contributed by atoms with E-state index in [9.17, 15) is 18.0 Å². The van der Waals surface area contributed by atoms with Crippen LogP contribution in [0.2, 0.25) is 0 Å².